The van der Waals surface area contributed by atoms with Crippen LogP contribution in [0.4, 0.5) is 0 Å². The number of fused-ring (bicyclic) bond motifs is 1. The predicted molar refractivity (Wildman–Crippen MR) is 133 cm³/mol. The molecule has 33 heavy (non-hydrogen) atoms. The summed E-state index contributed by atoms with van der Waals surface area (Å²) in [6, 6.07) is 20.4. The summed E-state index contributed by atoms with van der Waals surface area (Å²) in [5.41, 5.74) is 5.94. The van der Waals surface area contributed by atoms with Crippen molar-refractivity contribution in [2.75, 3.05) is 0 Å². The van der Waals surface area contributed by atoms with Crippen LogP contribution in [0.25, 0.3) is 10.9 Å². The van der Waals surface area contributed by atoms with Crippen molar-refractivity contribution in [1.29, 1.82) is 0 Å². The molecule has 0 radical (unpaired) electrons. The van der Waals surface area contributed by atoms with Crippen molar-refractivity contribution in [2.45, 2.75) is 45.7 Å². The molecule has 0 aliphatic carbocycles. The lowest BCUT2D eigenvalue weighted by Gasteiger charge is -2.23. The zero-order valence-corrected chi connectivity index (χ0v) is 20.2. The number of hydrogen-bond acceptors (Lipinski definition) is 3. The van der Waals surface area contributed by atoms with Crippen molar-refractivity contribution in [1.82, 2.24) is 9.29 Å². The van der Waals surface area contributed by atoms with Gasteiger partial charge in [0.2, 0.25) is 10.0 Å². The summed E-state index contributed by atoms with van der Waals surface area (Å²) in [6.07, 6.45) is 0. The van der Waals surface area contributed by atoms with Crippen molar-refractivity contribution in [2.24, 2.45) is 0 Å². The molecule has 4 aromatic rings. The molecule has 0 saturated carbocycles. The molecule has 0 aliphatic rings. The molecular weight excluding hydrogens is 432 g/mol. The minimum atomic E-state index is -3.83. The minimum absolute atomic E-state index is 0.0251. The van der Waals surface area contributed by atoms with Gasteiger partial charge in [0.25, 0.3) is 5.56 Å². The number of benzene rings is 3. The quantitative estimate of drug-likeness (QED) is 0.432. The van der Waals surface area contributed by atoms with E-state index in [1.54, 1.807) is 24.3 Å². The second-order valence-corrected chi connectivity index (χ2v) is 10.7. The summed E-state index contributed by atoms with van der Waals surface area (Å²) in [4.78, 5) is 16.1. The summed E-state index contributed by atoms with van der Waals surface area (Å²) < 4.78 is 28.6. The molecule has 170 valence electrons. The Bertz CT molecular complexity index is 1470. The second kappa shape index (κ2) is 8.96. The predicted octanol–water partition coefficient (Wildman–Crippen LogP) is 5.15. The Balaban J connectivity index is 1.79. The summed E-state index contributed by atoms with van der Waals surface area (Å²) in [7, 11) is -3.83. The Kier molecular flexibility index (Phi) is 6.23. The summed E-state index contributed by atoms with van der Waals surface area (Å²) >= 11 is 0. The van der Waals surface area contributed by atoms with Gasteiger partial charge in [-0.15, -0.1) is 0 Å². The highest BCUT2D eigenvalue weighted by atomic mass is 32.2. The molecule has 1 heterocycles. The molecule has 6 heteroatoms. The van der Waals surface area contributed by atoms with Gasteiger partial charge in [0.05, 0.1) is 4.90 Å². The normalized spacial score (nSPS) is 11.9. The Labute approximate surface area is 194 Å². The Morgan fingerprint density at radius 2 is 1.36 bits per heavy atom. The first-order valence-corrected chi connectivity index (χ1v) is 12.3. The first-order valence-electron chi connectivity index (χ1n) is 10.9. The highest BCUT2D eigenvalue weighted by Crippen LogP contribution is 2.23. The number of nitrogens with one attached hydrogen (secondary N) is 1. The summed E-state index contributed by atoms with van der Waals surface area (Å²) in [5, 5.41) is 0.915. The van der Waals surface area contributed by atoms with Gasteiger partial charge in [0, 0.05) is 29.6 Å². The van der Waals surface area contributed by atoms with Gasteiger partial charge >= 0.3 is 0 Å². The standard InChI is InChI=1S/C27H28N2O3S/c1-18-5-9-22(10-6-18)16-29(33(31,32)24-11-7-19(2)8-12-24)17-23-15-25-21(4)13-20(3)14-26(25)28-27(23)30/h5-15H,16-17H2,1-4H3,(H,28,30). The van der Waals surface area contributed by atoms with Crippen molar-refractivity contribution in [3.8, 4) is 0 Å². The number of pyridine rings is 1. The van der Waals surface area contributed by atoms with E-state index in [0.29, 0.717) is 5.56 Å². The van der Waals surface area contributed by atoms with Crippen molar-refractivity contribution in [3.63, 3.8) is 0 Å². The molecule has 0 unspecified atom stereocenters. The zero-order chi connectivity index (χ0) is 23.8. The lowest BCUT2D eigenvalue weighted by atomic mass is 10.0. The number of aromatic amines is 1. The van der Waals surface area contributed by atoms with Crippen molar-refractivity contribution in [3.05, 3.63) is 110 Å². The van der Waals surface area contributed by atoms with Gasteiger partial charge in [-0.25, -0.2) is 8.42 Å². The summed E-state index contributed by atoms with van der Waals surface area (Å²) in [6.45, 7) is 8.02. The number of nitrogens with zero attached hydrogens (tertiary/aromatic N) is 1. The van der Waals surface area contributed by atoms with Crippen LogP contribution >= 0.6 is 0 Å². The van der Waals surface area contributed by atoms with Gasteiger partial charge < -0.3 is 4.98 Å². The minimum Gasteiger partial charge on any atom is -0.322 e. The van der Waals surface area contributed by atoms with E-state index in [2.05, 4.69) is 11.1 Å². The molecule has 0 fully saturated rings. The van der Waals surface area contributed by atoms with E-state index >= 15 is 0 Å². The first kappa shape index (κ1) is 23.0. The van der Waals surface area contributed by atoms with Crippen LogP contribution in [0.5, 0.6) is 0 Å². The highest BCUT2D eigenvalue weighted by molar-refractivity contribution is 7.89. The molecular formula is C27H28N2O3S. The number of hydrogen-bond donors (Lipinski definition) is 1. The average Bonchev–Trinajstić information content (AvgIpc) is 2.75. The van der Waals surface area contributed by atoms with Crippen LogP contribution in [-0.4, -0.2) is 17.7 Å². The lowest BCUT2D eigenvalue weighted by Crippen LogP contribution is -2.32. The van der Waals surface area contributed by atoms with Crippen molar-refractivity contribution >= 4 is 20.9 Å². The number of aryl methyl sites for hydroxylation is 4. The number of aromatic nitrogens is 1. The smallest absolute Gasteiger partial charge is 0.252 e. The number of H-pyrrole nitrogens is 1. The van der Waals surface area contributed by atoms with Gasteiger partial charge in [-0.1, -0.05) is 53.6 Å². The molecule has 0 atom stereocenters. The molecule has 1 N–H and O–H groups in total. The number of sulfonamides is 1. The van der Waals surface area contributed by atoms with Crippen LogP contribution in [0.2, 0.25) is 0 Å². The van der Waals surface area contributed by atoms with Crippen LogP contribution in [0, 0.1) is 27.7 Å². The molecule has 0 saturated heterocycles. The van der Waals surface area contributed by atoms with Gasteiger partial charge in [-0.05, 0) is 68.7 Å². The third-order valence-corrected chi connectivity index (χ3v) is 7.68. The largest absolute Gasteiger partial charge is 0.322 e. The fourth-order valence-corrected chi connectivity index (χ4v) is 5.41. The van der Waals surface area contributed by atoms with Gasteiger partial charge in [0.1, 0.15) is 0 Å². The molecule has 5 nitrogen and oxygen atoms in total. The van der Waals surface area contributed by atoms with Gasteiger partial charge in [-0.2, -0.15) is 4.31 Å². The summed E-state index contributed by atoms with van der Waals surface area (Å²) in [5.74, 6) is 0. The third-order valence-electron chi connectivity index (χ3n) is 5.87. The molecule has 0 spiro atoms. The topological polar surface area (TPSA) is 70.2 Å². The van der Waals surface area contributed by atoms with E-state index in [-0.39, 0.29) is 23.5 Å². The molecule has 3 aromatic carbocycles. The van der Waals surface area contributed by atoms with Crippen LogP contribution in [-0.2, 0) is 23.1 Å². The van der Waals surface area contributed by atoms with Crippen LogP contribution in [0.3, 0.4) is 0 Å². The van der Waals surface area contributed by atoms with E-state index in [9.17, 15) is 13.2 Å². The Hall–Kier alpha value is -3.22. The van der Waals surface area contributed by atoms with Crippen LogP contribution < -0.4 is 5.56 Å². The van der Waals surface area contributed by atoms with Crippen molar-refractivity contribution < 1.29 is 8.42 Å². The zero-order valence-electron chi connectivity index (χ0n) is 19.3. The molecule has 0 amide bonds. The van der Waals surface area contributed by atoms with Crippen LogP contribution in [0.15, 0.2) is 76.4 Å². The maximum absolute atomic E-state index is 13.6. The fraction of sp³-hybridized carbons (Fsp3) is 0.222. The van der Waals surface area contributed by atoms with E-state index in [1.165, 1.54) is 4.31 Å². The average molecular weight is 461 g/mol. The maximum atomic E-state index is 13.6. The van der Waals surface area contributed by atoms with Crippen LogP contribution in [0.1, 0.15) is 33.4 Å². The third kappa shape index (κ3) is 4.92. The van der Waals surface area contributed by atoms with E-state index in [0.717, 1.165) is 38.7 Å². The maximum Gasteiger partial charge on any atom is 0.252 e. The lowest BCUT2D eigenvalue weighted by molar-refractivity contribution is 0.400. The van der Waals surface area contributed by atoms with E-state index in [4.69, 9.17) is 0 Å². The van der Waals surface area contributed by atoms with E-state index in [1.807, 2.05) is 64.1 Å². The van der Waals surface area contributed by atoms with Gasteiger partial charge in [-0.3, -0.25) is 4.79 Å². The first-order chi connectivity index (χ1) is 15.6. The van der Waals surface area contributed by atoms with E-state index < -0.39 is 10.0 Å². The number of rotatable bonds is 6. The molecule has 0 aliphatic heterocycles. The second-order valence-electron chi connectivity index (χ2n) is 8.74. The molecule has 4 rings (SSSR count). The Morgan fingerprint density at radius 1 is 0.758 bits per heavy atom. The highest BCUT2D eigenvalue weighted by Gasteiger charge is 2.26. The Morgan fingerprint density at radius 3 is 2.00 bits per heavy atom. The van der Waals surface area contributed by atoms with Gasteiger partial charge in [0.15, 0.2) is 0 Å². The fourth-order valence-electron chi connectivity index (χ4n) is 4.01. The monoisotopic (exact) mass is 460 g/mol. The SMILES string of the molecule is Cc1ccc(CN(Cc2cc3c(C)cc(C)cc3[nH]c2=O)S(=O)(=O)c2ccc(C)cc2)cc1. The molecule has 1 aromatic heterocycles. The molecule has 0 bridgehead atoms.